The van der Waals surface area contributed by atoms with E-state index in [1.54, 1.807) is 18.7 Å². The van der Waals surface area contributed by atoms with Crippen LogP contribution in [0.5, 0.6) is 0 Å². The Hall–Kier alpha value is -1.93. The maximum absolute atomic E-state index is 12.5. The summed E-state index contributed by atoms with van der Waals surface area (Å²) in [6.45, 7) is 10.6. The lowest BCUT2D eigenvalue weighted by Gasteiger charge is -2.33. The van der Waals surface area contributed by atoms with Gasteiger partial charge in [0.05, 0.1) is 18.7 Å². The zero-order valence-electron chi connectivity index (χ0n) is 16.5. The van der Waals surface area contributed by atoms with Gasteiger partial charge in [0.15, 0.2) is 0 Å². The molecule has 0 unspecified atom stereocenters. The highest BCUT2D eigenvalue weighted by atomic mass is 32.1. The molecule has 27 heavy (non-hydrogen) atoms. The fraction of sp³-hybridized carbons (Fsp3) is 0.632. The Morgan fingerprint density at radius 3 is 2.44 bits per heavy atom. The smallest absolute Gasteiger partial charge is 0.341 e. The van der Waals surface area contributed by atoms with Crippen LogP contribution in [0.15, 0.2) is 5.38 Å². The number of carbonyl (C=O) groups is 3. The van der Waals surface area contributed by atoms with Crippen molar-refractivity contribution < 1.29 is 19.1 Å². The van der Waals surface area contributed by atoms with Crippen LogP contribution in [0.4, 0.5) is 5.00 Å². The predicted molar refractivity (Wildman–Crippen MR) is 106 cm³/mol. The normalized spacial score (nSPS) is 15.1. The number of hydrogen-bond acceptors (Lipinski definition) is 6. The molecule has 1 aliphatic heterocycles. The molecule has 1 aliphatic rings. The molecule has 2 rings (SSSR count). The summed E-state index contributed by atoms with van der Waals surface area (Å²) in [5.74, 6) is -0.0853. The van der Waals surface area contributed by atoms with E-state index in [0.717, 1.165) is 12.0 Å². The van der Waals surface area contributed by atoms with Gasteiger partial charge in [-0.05, 0) is 30.2 Å². The number of nitrogens with one attached hydrogen (secondary N) is 1. The predicted octanol–water partition coefficient (Wildman–Crippen LogP) is 2.23. The molecule has 8 heteroatoms. The molecule has 1 saturated heterocycles. The first-order chi connectivity index (χ1) is 12.8. The maximum Gasteiger partial charge on any atom is 0.341 e. The molecule has 0 radical (unpaired) electrons. The van der Waals surface area contributed by atoms with Crippen molar-refractivity contribution in [2.24, 2.45) is 5.92 Å². The van der Waals surface area contributed by atoms with Crippen LogP contribution in [0.1, 0.15) is 43.6 Å². The highest BCUT2D eigenvalue weighted by Gasteiger charge is 2.24. The maximum atomic E-state index is 12.5. The molecule has 2 heterocycles. The highest BCUT2D eigenvalue weighted by molar-refractivity contribution is 7.15. The molecule has 0 atom stereocenters. The molecule has 7 nitrogen and oxygen atoms in total. The second kappa shape index (κ2) is 9.85. The van der Waals surface area contributed by atoms with Crippen LogP contribution in [0.25, 0.3) is 0 Å². The van der Waals surface area contributed by atoms with Crippen molar-refractivity contribution in [1.29, 1.82) is 0 Å². The molecule has 0 aliphatic carbocycles. The zero-order chi connectivity index (χ0) is 20.0. The largest absolute Gasteiger partial charge is 0.462 e. The van der Waals surface area contributed by atoms with Crippen molar-refractivity contribution in [1.82, 2.24) is 9.80 Å². The Labute approximate surface area is 164 Å². The van der Waals surface area contributed by atoms with Crippen molar-refractivity contribution in [3.8, 4) is 0 Å². The van der Waals surface area contributed by atoms with Gasteiger partial charge in [-0.15, -0.1) is 11.3 Å². The zero-order valence-corrected chi connectivity index (χ0v) is 17.4. The van der Waals surface area contributed by atoms with Crippen LogP contribution in [-0.4, -0.2) is 66.9 Å². The van der Waals surface area contributed by atoms with Crippen LogP contribution in [-0.2, 0) is 20.7 Å². The van der Waals surface area contributed by atoms with Crippen molar-refractivity contribution in [2.75, 3.05) is 44.6 Å². The molecule has 2 amide bonds. The van der Waals surface area contributed by atoms with Gasteiger partial charge in [-0.2, -0.15) is 0 Å². The SMILES string of the molecule is CCOC(=O)c1c(CC(C)C)csc1NC(=O)CN1CCN(C(C)=O)CC1. The summed E-state index contributed by atoms with van der Waals surface area (Å²) < 4.78 is 5.18. The van der Waals surface area contributed by atoms with E-state index in [9.17, 15) is 14.4 Å². The molecule has 1 N–H and O–H groups in total. The Balaban J connectivity index is 2.01. The van der Waals surface area contributed by atoms with Crippen molar-refractivity contribution in [3.05, 3.63) is 16.5 Å². The van der Waals surface area contributed by atoms with Crippen molar-refractivity contribution >= 4 is 34.1 Å². The molecular weight excluding hydrogens is 366 g/mol. The van der Waals surface area contributed by atoms with Crippen LogP contribution >= 0.6 is 11.3 Å². The number of carbonyl (C=O) groups excluding carboxylic acids is 3. The molecule has 0 aromatic carbocycles. The van der Waals surface area contributed by atoms with Gasteiger partial charge in [0.25, 0.3) is 0 Å². The van der Waals surface area contributed by atoms with Crippen LogP contribution in [0.3, 0.4) is 0 Å². The lowest BCUT2D eigenvalue weighted by molar-refractivity contribution is -0.130. The number of nitrogens with zero attached hydrogens (tertiary/aromatic N) is 2. The number of piperazine rings is 1. The van der Waals surface area contributed by atoms with E-state index in [1.807, 2.05) is 10.3 Å². The third kappa shape index (κ3) is 6.04. The number of ether oxygens (including phenoxy) is 1. The summed E-state index contributed by atoms with van der Waals surface area (Å²) in [5, 5.41) is 5.36. The van der Waals surface area contributed by atoms with E-state index < -0.39 is 0 Å². The summed E-state index contributed by atoms with van der Waals surface area (Å²) in [6.07, 6.45) is 0.757. The van der Waals surface area contributed by atoms with Crippen molar-refractivity contribution in [2.45, 2.75) is 34.1 Å². The Bertz CT molecular complexity index is 678. The van der Waals surface area contributed by atoms with Crippen LogP contribution < -0.4 is 5.32 Å². The van der Waals surface area contributed by atoms with Crippen molar-refractivity contribution in [3.63, 3.8) is 0 Å². The number of thiophene rings is 1. The fourth-order valence-corrected chi connectivity index (χ4v) is 4.07. The van der Waals surface area contributed by atoms with E-state index in [2.05, 4.69) is 19.2 Å². The van der Waals surface area contributed by atoms with Gasteiger partial charge >= 0.3 is 5.97 Å². The van der Waals surface area contributed by atoms with Gasteiger partial charge in [0.1, 0.15) is 5.00 Å². The minimum Gasteiger partial charge on any atom is -0.462 e. The van der Waals surface area contributed by atoms with E-state index in [4.69, 9.17) is 4.74 Å². The number of esters is 1. The average Bonchev–Trinajstić information content (AvgIpc) is 2.96. The quantitative estimate of drug-likeness (QED) is 0.716. The molecule has 1 fully saturated rings. The highest BCUT2D eigenvalue weighted by Crippen LogP contribution is 2.31. The number of anilines is 1. The van der Waals surface area contributed by atoms with E-state index >= 15 is 0 Å². The van der Waals surface area contributed by atoms with E-state index in [0.29, 0.717) is 49.3 Å². The molecule has 0 saturated carbocycles. The van der Waals surface area contributed by atoms with E-state index in [-0.39, 0.29) is 24.3 Å². The van der Waals surface area contributed by atoms with Crippen LogP contribution in [0, 0.1) is 5.92 Å². The first-order valence-corrected chi connectivity index (χ1v) is 10.2. The summed E-state index contributed by atoms with van der Waals surface area (Å²) in [4.78, 5) is 40.1. The average molecular weight is 396 g/mol. The minimum atomic E-state index is -0.389. The molecule has 1 aromatic rings. The molecular formula is C19H29N3O4S. The lowest BCUT2D eigenvalue weighted by Crippen LogP contribution is -2.49. The Kier molecular flexibility index (Phi) is 7.79. The lowest BCUT2D eigenvalue weighted by atomic mass is 10.0. The van der Waals surface area contributed by atoms with Gasteiger partial charge in [0.2, 0.25) is 11.8 Å². The molecule has 0 spiro atoms. The molecule has 0 bridgehead atoms. The third-order valence-electron chi connectivity index (χ3n) is 4.41. The Morgan fingerprint density at radius 1 is 1.22 bits per heavy atom. The van der Waals surface area contributed by atoms with Crippen LogP contribution in [0.2, 0.25) is 0 Å². The summed E-state index contributed by atoms with van der Waals surface area (Å²) >= 11 is 1.36. The fourth-order valence-electron chi connectivity index (χ4n) is 3.09. The summed E-state index contributed by atoms with van der Waals surface area (Å²) in [6, 6.07) is 0. The third-order valence-corrected chi connectivity index (χ3v) is 5.36. The van der Waals surface area contributed by atoms with Gasteiger partial charge in [-0.1, -0.05) is 13.8 Å². The first-order valence-electron chi connectivity index (χ1n) is 9.37. The topological polar surface area (TPSA) is 79.0 Å². The second-order valence-electron chi connectivity index (χ2n) is 7.11. The van der Waals surface area contributed by atoms with Gasteiger partial charge in [-0.25, -0.2) is 4.79 Å². The second-order valence-corrected chi connectivity index (χ2v) is 7.99. The number of hydrogen-bond donors (Lipinski definition) is 1. The van der Waals surface area contributed by atoms with Gasteiger partial charge in [-0.3, -0.25) is 14.5 Å². The first kappa shape index (κ1) is 21.4. The minimum absolute atomic E-state index is 0.0643. The van der Waals surface area contributed by atoms with Gasteiger partial charge in [0, 0.05) is 33.1 Å². The van der Waals surface area contributed by atoms with Gasteiger partial charge < -0.3 is 15.0 Å². The number of rotatable bonds is 7. The summed E-state index contributed by atoms with van der Waals surface area (Å²) in [7, 11) is 0. The van der Waals surface area contributed by atoms with E-state index in [1.165, 1.54) is 11.3 Å². The monoisotopic (exact) mass is 395 g/mol. The number of amides is 2. The Morgan fingerprint density at radius 2 is 1.89 bits per heavy atom. The molecule has 150 valence electrons. The standard InChI is InChI=1S/C19H29N3O4S/c1-5-26-19(25)17-15(10-13(2)3)12-27-18(17)20-16(24)11-21-6-8-22(9-7-21)14(4)23/h12-13H,5-11H2,1-4H3,(H,20,24). The summed E-state index contributed by atoms with van der Waals surface area (Å²) in [5.41, 5.74) is 1.39. The molecule has 1 aromatic heterocycles.